The van der Waals surface area contributed by atoms with E-state index in [1.165, 1.54) is 0 Å². The third-order valence-corrected chi connectivity index (χ3v) is 27.8. The van der Waals surface area contributed by atoms with Crippen LogP contribution in [-0.4, -0.2) is 271 Å². The van der Waals surface area contributed by atoms with Crippen molar-refractivity contribution in [3.63, 3.8) is 0 Å². The van der Waals surface area contributed by atoms with Crippen molar-refractivity contribution in [2.75, 3.05) is 126 Å². The van der Waals surface area contributed by atoms with Crippen LogP contribution in [0, 0.1) is 27.6 Å². The maximum absolute atomic E-state index is 12.1. The van der Waals surface area contributed by atoms with Gasteiger partial charge >= 0.3 is 0 Å². The summed E-state index contributed by atoms with van der Waals surface area (Å²) in [4.78, 5) is 137. The molecule has 0 amide bonds. The van der Waals surface area contributed by atoms with Gasteiger partial charge in [0, 0.05) is 56.5 Å². The van der Waals surface area contributed by atoms with Crippen molar-refractivity contribution >= 4 is 125 Å². The third-order valence-electron chi connectivity index (χ3n) is 17.5. The molecule has 138 heavy (non-hydrogen) atoms. The van der Waals surface area contributed by atoms with Crippen LogP contribution in [-0.2, 0) is 164 Å². The Labute approximate surface area is 820 Å². The summed E-state index contributed by atoms with van der Waals surface area (Å²) in [6.07, 6.45) is -4.99. The molecule has 0 aromatic carbocycles. The molecule has 51 nitrogen and oxygen atoms in total. The summed E-state index contributed by atoms with van der Waals surface area (Å²) in [6.45, 7) is 21.6. The van der Waals surface area contributed by atoms with Gasteiger partial charge in [0.05, 0.1) is 168 Å². The van der Waals surface area contributed by atoms with E-state index in [0.29, 0.717) is 6.42 Å². The second kappa shape index (κ2) is 67.6. The van der Waals surface area contributed by atoms with Gasteiger partial charge in [-0.2, -0.15) is 0 Å². The molecule has 5 heterocycles. The zero-order valence-electron chi connectivity index (χ0n) is 77.6. The molecule has 0 bridgehead atoms. The number of phosphoric acid groups is 10. The highest BCUT2D eigenvalue weighted by Gasteiger charge is 2.47. The highest BCUT2D eigenvalue weighted by atomic mass is 31.2. The van der Waals surface area contributed by atoms with E-state index in [2.05, 4.69) is 49.8 Å². The Balaban J connectivity index is -0.000000819. The van der Waals surface area contributed by atoms with Crippen LogP contribution in [0.15, 0.2) is 0 Å². The highest BCUT2D eigenvalue weighted by Crippen LogP contribution is 2.53. The van der Waals surface area contributed by atoms with Crippen molar-refractivity contribution in [1.29, 1.82) is 0 Å². The fraction of sp³-hybridized carbons (Fsp3) is 1.00. The topological polar surface area (TPSA) is 756 Å². The lowest BCUT2D eigenvalue weighted by atomic mass is 9.85. The molecule has 3 N–H and O–H groups in total. The van der Waals surface area contributed by atoms with Gasteiger partial charge in [0.15, 0.2) is 0 Å². The fourth-order valence-corrected chi connectivity index (χ4v) is 20.6. The number of phosphoric ester groups is 10. The van der Waals surface area contributed by atoms with E-state index in [4.69, 9.17) is 119 Å². The molecule has 67 heteroatoms. The Morgan fingerprint density at radius 2 is 0.428 bits per heavy atom. The van der Waals surface area contributed by atoms with Crippen LogP contribution in [0.4, 0.5) is 0 Å². The normalized spacial score (nSPS) is 27.3. The molecule has 5 saturated heterocycles. The number of aliphatic hydroxyl groups excluding tert-OH is 3. The third kappa shape index (κ3) is 68.9. The molecule has 25 unspecified atom stereocenters. The quantitative estimate of drug-likeness (QED) is 0.0444. The molecular formula is C71H144B5O51P11-12. The average molecular weight is 2210 g/mol. The lowest BCUT2D eigenvalue weighted by Gasteiger charge is -2.34. The van der Waals surface area contributed by atoms with E-state index in [0.717, 1.165) is 6.66 Å². The van der Waals surface area contributed by atoms with Gasteiger partial charge < -0.3 is 197 Å². The van der Waals surface area contributed by atoms with Crippen molar-refractivity contribution < 1.29 is 238 Å². The van der Waals surface area contributed by atoms with Crippen LogP contribution < -0.4 is 58.7 Å². The molecular weight excluding hydrogens is 2060 g/mol. The summed E-state index contributed by atoms with van der Waals surface area (Å²) in [5, 5.41) is 25.7. The summed E-state index contributed by atoms with van der Waals surface area (Å²) in [5.41, 5.74) is -1.56. The van der Waals surface area contributed by atoms with Crippen molar-refractivity contribution in [2.24, 2.45) is 27.6 Å². The molecule has 10 radical (unpaired) electrons. The van der Waals surface area contributed by atoms with Gasteiger partial charge in [-0.1, -0.05) is 127 Å². The molecule has 0 aliphatic carbocycles. The summed E-state index contributed by atoms with van der Waals surface area (Å²) >= 11 is 0. The van der Waals surface area contributed by atoms with Crippen molar-refractivity contribution in [1.82, 2.24) is 0 Å². The van der Waals surface area contributed by atoms with E-state index in [1.54, 1.807) is 0 Å². The molecule has 0 aromatic heterocycles. The van der Waals surface area contributed by atoms with Crippen LogP contribution in [0.5, 0.6) is 0 Å². The number of rotatable bonds is 59. The Hall–Kier alpha value is 1.25. The van der Waals surface area contributed by atoms with E-state index in [1.807, 2.05) is 96.9 Å². The molecule has 0 spiro atoms. The smallest absolute Gasteiger partial charge is 0.268 e. The molecule has 5 fully saturated rings. The molecule has 816 valence electrons. The molecule has 25 atom stereocenters. The Morgan fingerprint density at radius 3 is 0.601 bits per heavy atom. The predicted octanol–water partition coefficient (Wildman–Crippen LogP) is 3.62. The zero-order valence-corrected chi connectivity index (χ0v) is 87.4. The number of ether oxygens (including phenoxy) is 5. The van der Waals surface area contributed by atoms with Crippen molar-refractivity contribution in [2.45, 2.75) is 308 Å². The molecule has 0 aromatic rings. The van der Waals surface area contributed by atoms with Gasteiger partial charge in [-0.05, 0) is 117 Å². The molecule has 5 aliphatic heterocycles. The molecule has 0 saturated carbocycles. The second-order valence-electron chi connectivity index (χ2n) is 34.7. The largest absolute Gasteiger partial charge is 0.790 e. The Bertz CT molecular complexity index is 3860. The second-order valence-corrected chi connectivity index (χ2v) is 50.1. The van der Waals surface area contributed by atoms with Crippen molar-refractivity contribution in [3.05, 3.63) is 0 Å². The first kappa shape index (κ1) is 146. The summed E-state index contributed by atoms with van der Waals surface area (Å²) in [5.74, 6) is 0.0981. The SMILES string of the molecule is C.C.C.C.[B]C1CC(OP(=O)([O-])OCCCO)C(C(C)C)O1.[B]C1CC(OP(=O)([O-])OCCCOP(=O)([O-])OCCCO)C(C(C)(C)C)O1.[B]C1CC(OP(=O)([O-])OCCCOP(=O)([O-])OCCCOP(=O)([O-])OCCCO)C(C(C)(C)C)O1.[B]C1CC(OP(=O)([O-])OCCCOP(=O)([O-])OCCCOP(=O)([O-])[O-])C(C(C)(C)C)O1.[B]C1CC(OP(=O)([O-])OCCCOP(C)(=O)[O-])C(C(C)(C)C)O1. The van der Waals surface area contributed by atoms with Crippen LogP contribution in [0.2, 0.25) is 0 Å². The lowest BCUT2D eigenvalue weighted by Crippen LogP contribution is -2.37. The minimum Gasteiger partial charge on any atom is -0.790 e. The number of aliphatic hydroxyl groups is 3. The minimum atomic E-state index is -5.13. The maximum atomic E-state index is 12.1. The van der Waals surface area contributed by atoms with Gasteiger partial charge in [-0.25, -0.2) is 0 Å². The first-order valence-corrected chi connectivity index (χ1v) is 58.8. The van der Waals surface area contributed by atoms with Crippen LogP contribution in [0.3, 0.4) is 0 Å². The fourth-order valence-electron chi connectivity index (χ4n) is 12.0. The lowest BCUT2D eigenvalue weighted by molar-refractivity contribution is -0.342. The molecule has 5 aliphatic rings. The minimum absolute atomic E-state index is 0. The molecule has 5 rings (SSSR count). The highest BCUT2D eigenvalue weighted by molar-refractivity contribution is 7.50. The van der Waals surface area contributed by atoms with E-state index in [9.17, 15) is 109 Å². The van der Waals surface area contributed by atoms with Gasteiger partial charge in [0.25, 0.3) is 70.4 Å². The average Bonchev–Trinajstić information content (AvgIpc) is 1.67. The van der Waals surface area contributed by atoms with Crippen LogP contribution >= 0.6 is 85.8 Å². The standard InChI is InChI=1S/C17H36BO14P3.C14H30BO13P3.C14H29BO10P2.C12H25BO8P2.C10H20BO6P.4CH4/c1-17(2,3)16-14(13-15(18)31-16)32-35(24,25)30-12-6-11-29-34(22,23)28-10-5-9-27-33(20,21)26-8-4-7-19;1-14(2,3)13-11(10-12(15)27-13)28-31(21,22)26-9-5-8-25-30(19,20)24-7-4-6-23-29(16,17)18;1-14(2,3)13-11(10-12(15)24-13)25-27(19,20)23-9-5-8-22-26(17,18)21-7-4-6-16;1-12(2,3)11-9(8-10(13)20-11)21-23(16,17)19-7-5-6-18-22(4,14)15;1-7(2)10-8(6-9(11)16-10)17-18(13,14)15-5-3-4-12;;;;/h14-16,19H,4-13H2,1-3H3,(H,20,21)(H,22,23)(H,24,25);11-13H,4-10H2,1-3H3,(H,19,20)(H,21,22)(H2,16,17,18);11-13,16H,4-10H2,1-3H3,(H,17,18)(H,19,20);9-11H,5-8H2,1-4H3,(H,14,15)(H,16,17);7-10,12H,3-6H2,1-2H3,(H,13,14);4*1H4/p-12. The van der Waals surface area contributed by atoms with Gasteiger partial charge in [-0.15, -0.1) is 0 Å². The van der Waals surface area contributed by atoms with E-state index >= 15 is 0 Å². The zero-order chi connectivity index (χ0) is 103. The van der Waals surface area contributed by atoms with Gasteiger partial charge in [0.2, 0.25) is 0 Å². The summed E-state index contributed by atoms with van der Waals surface area (Å²) in [6, 6.07) is -3.05. The Kier molecular flexibility index (Phi) is 71.3. The van der Waals surface area contributed by atoms with Crippen LogP contribution in [0.1, 0.15) is 217 Å². The summed E-state index contributed by atoms with van der Waals surface area (Å²) < 4.78 is 247. The first-order valence-electron chi connectivity index (χ1n) is 42.2. The monoisotopic (exact) mass is 2210 g/mol. The summed E-state index contributed by atoms with van der Waals surface area (Å²) in [7, 11) is -21.8. The van der Waals surface area contributed by atoms with E-state index in [-0.39, 0.29) is 209 Å². The van der Waals surface area contributed by atoms with Gasteiger partial charge in [-0.3, -0.25) is 41.1 Å². The van der Waals surface area contributed by atoms with Crippen LogP contribution in [0.25, 0.3) is 0 Å². The Morgan fingerprint density at radius 1 is 0.268 bits per heavy atom. The van der Waals surface area contributed by atoms with Gasteiger partial charge in [0.1, 0.15) is 46.8 Å². The number of hydrogen-bond donors (Lipinski definition) is 3. The predicted molar refractivity (Wildman–Crippen MR) is 481 cm³/mol. The number of hydrogen-bond acceptors (Lipinski definition) is 51. The van der Waals surface area contributed by atoms with E-state index < -0.39 is 228 Å². The van der Waals surface area contributed by atoms with Crippen molar-refractivity contribution in [3.8, 4) is 0 Å². The maximum Gasteiger partial charge on any atom is 0.268 e. The first-order chi connectivity index (χ1) is 61.1.